The van der Waals surface area contributed by atoms with E-state index in [0.717, 1.165) is 18.8 Å². The minimum absolute atomic E-state index is 0.279. The Morgan fingerprint density at radius 2 is 2.07 bits per heavy atom. The Kier molecular flexibility index (Phi) is 3.69. The molecule has 1 heterocycles. The molecule has 1 aromatic rings. The van der Waals surface area contributed by atoms with Crippen LogP contribution in [0, 0.1) is 5.41 Å². The second-order valence-corrected chi connectivity index (χ2v) is 4.50. The van der Waals surface area contributed by atoms with Crippen molar-refractivity contribution in [3.63, 3.8) is 0 Å². The van der Waals surface area contributed by atoms with Gasteiger partial charge in [0.05, 0.1) is 0 Å². The average Bonchev–Trinajstić information content (AvgIpc) is 2.17. The van der Waals surface area contributed by atoms with Crippen LogP contribution in [0.2, 0.25) is 5.15 Å². The number of hydrogen-bond donors (Lipinski definition) is 1. The SMILES string of the molecule is CCC(C)(C)CNc1ccc(Cl)nn1. The number of rotatable bonds is 4. The molecule has 1 aromatic heterocycles. The molecule has 0 saturated heterocycles. The molecule has 0 fully saturated rings. The van der Waals surface area contributed by atoms with Crippen LogP contribution in [0.5, 0.6) is 0 Å². The fourth-order valence-electron chi connectivity index (χ4n) is 0.865. The third-order valence-corrected chi connectivity index (χ3v) is 2.54. The summed E-state index contributed by atoms with van der Waals surface area (Å²) in [5.41, 5.74) is 0.279. The Morgan fingerprint density at radius 3 is 2.57 bits per heavy atom. The van der Waals surface area contributed by atoms with Gasteiger partial charge in [-0.2, -0.15) is 0 Å². The van der Waals surface area contributed by atoms with Gasteiger partial charge in [-0.1, -0.05) is 32.4 Å². The summed E-state index contributed by atoms with van der Waals surface area (Å²) in [6, 6.07) is 3.57. The number of nitrogens with zero attached hydrogens (tertiary/aromatic N) is 2. The van der Waals surface area contributed by atoms with E-state index in [1.54, 1.807) is 6.07 Å². The minimum atomic E-state index is 0.279. The summed E-state index contributed by atoms with van der Waals surface area (Å²) >= 11 is 5.63. The predicted octanol–water partition coefficient (Wildman–Crippen LogP) is 2.98. The molecule has 0 saturated carbocycles. The summed E-state index contributed by atoms with van der Waals surface area (Å²) < 4.78 is 0. The summed E-state index contributed by atoms with van der Waals surface area (Å²) in [6.45, 7) is 7.49. The second kappa shape index (κ2) is 4.60. The average molecular weight is 214 g/mol. The van der Waals surface area contributed by atoms with Crippen LogP contribution in [-0.4, -0.2) is 16.7 Å². The molecule has 3 nitrogen and oxygen atoms in total. The molecule has 0 radical (unpaired) electrons. The van der Waals surface area contributed by atoms with Crippen LogP contribution >= 0.6 is 11.6 Å². The molecule has 0 aromatic carbocycles. The number of halogens is 1. The third-order valence-electron chi connectivity index (χ3n) is 2.34. The summed E-state index contributed by atoms with van der Waals surface area (Å²) in [5, 5.41) is 11.3. The molecule has 0 bridgehead atoms. The number of anilines is 1. The first-order valence-electron chi connectivity index (χ1n) is 4.76. The maximum absolute atomic E-state index is 5.63. The highest BCUT2D eigenvalue weighted by Crippen LogP contribution is 2.19. The van der Waals surface area contributed by atoms with Gasteiger partial charge in [-0.05, 0) is 24.0 Å². The van der Waals surface area contributed by atoms with Gasteiger partial charge in [0, 0.05) is 6.54 Å². The van der Waals surface area contributed by atoms with Gasteiger partial charge < -0.3 is 5.32 Å². The van der Waals surface area contributed by atoms with Gasteiger partial charge >= 0.3 is 0 Å². The molecule has 0 spiro atoms. The maximum Gasteiger partial charge on any atom is 0.151 e. The lowest BCUT2D eigenvalue weighted by molar-refractivity contribution is 0.376. The van der Waals surface area contributed by atoms with Crippen molar-refractivity contribution >= 4 is 17.4 Å². The van der Waals surface area contributed by atoms with E-state index in [4.69, 9.17) is 11.6 Å². The molecule has 1 N–H and O–H groups in total. The highest BCUT2D eigenvalue weighted by atomic mass is 35.5. The van der Waals surface area contributed by atoms with Gasteiger partial charge in [0.2, 0.25) is 0 Å². The first-order valence-corrected chi connectivity index (χ1v) is 5.14. The van der Waals surface area contributed by atoms with Gasteiger partial charge in [0.1, 0.15) is 5.82 Å². The largest absolute Gasteiger partial charge is 0.368 e. The van der Waals surface area contributed by atoms with E-state index in [1.165, 1.54) is 0 Å². The smallest absolute Gasteiger partial charge is 0.151 e. The van der Waals surface area contributed by atoms with E-state index >= 15 is 0 Å². The lowest BCUT2D eigenvalue weighted by Crippen LogP contribution is -2.22. The summed E-state index contributed by atoms with van der Waals surface area (Å²) in [4.78, 5) is 0. The third kappa shape index (κ3) is 3.50. The van der Waals surface area contributed by atoms with Crippen molar-refractivity contribution in [3.8, 4) is 0 Å². The Bertz CT molecular complexity index is 282. The molecule has 0 unspecified atom stereocenters. The summed E-state index contributed by atoms with van der Waals surface area (Å²) in [5.74, 6) is 0.774. The van der Waals surface area contributed by atoms with Crippen molar-refractivity contribution < 1.29 is 0 Å². The van der Waals surface area contributed by atoms with Gasteiger partial charge in [0.15, 0.2) is 5.15 Å². The molecule has 4 heteroatoms. The fraction of sp³-hybridized carbons (Fsp3) is 0.600. The van der Waals surface area contributed by atoms with Crippen LogP contribution in [0.3, 0.4) is 0 Å². The van der Waals surface area contributed by atoms with Crippen LogP contribution in [0.4, 0.5) is 5.82 Å². The normalized spacial score (nSPS) is 11.4. The molecule has 78 valence electrons. The molecular weight excluding hydrogens is 198 g/mol. The lowest BCUT2D eigenvalue weighted by Gasteiger charge is -2.22. The van der Waals surface area contributed by atoms with E-state index in [1.807, 2.05) is 6.07 Å². The Hall–Kier alpha value is -0.830. The summed E-state index contributed by atoms with van der Waals surface area (Å²) in [7, 11) is 0. The van der Waals surface area contributed by atoms with Crippen molar-refractivity contribution in [1.82, 2.24) is 10.2 Å². The predicted molar refractivity (Wildman–Crippen MR) is 59.6 cm³/mol. The van der Waals surface area contributed by atoms with Crippen molar-refractivity contribution in [2.75, 3.05) is 11.9 Å². The van der Waals surface area contributed by atoms with Gasteiger partial charge in [0.25, 0.3) is 0 Å². The topological polar surface area (TPSA) is 37.8 Å². The van der Waals surface area contributed by atoms with Crippen molar-refractivity contribution in [1.29, 1.82) is 0 Å². The van der Waals surface area contributed by atoms with Crippen LogP contribution in [0.25, 0.3) is 0 Å². The lowest BCUT2D eigenvalue weighted by atomic mass is 9.90. The zero-order valence-electron chi connectivity index (χ0n) is 8.84. The standard InChI is InChI=1S/C10H16ClN3/c1-4-10(2,3)7-12-9-6-5-8(11)13-14-9/h5-6H,4,7H2,1-3H3,(H,12,14). The first kappa shape index (κ1) is 11.2. The van der Waals surface area contributed by atoms with Crippen LogP contribution in [0.15, 0.2) is 12.1 Å². The molecule has 1 rings (SSSR count). The van der Waals surface area contributed by atoms with Gasteiger partial charge in [-0.25, -0.2) is 0 Å². The quantitative estimate of drug-likeness (QED) is 0.836. The Labute approximate surface area is 89.9 Å². The zero-order valence-corrected chi connectivity index (χ0v) is 9.60. The van der Waals surface area contributed by atoms with Gasteiger partial charge in [-0.3, -0.25) is 0 Å². The van der Waals surface area contributed by atoms with Crippen LogP contribution < -0.4 is 5.32 Å². The van der Waals surface area contributed by atoms with Crippen molar-refractivity contribution in [2.45, 2.75) is 27.2 Å². The van der Waals surface area contributed by atoms with E-state index < -0.39 is 0 Å². The van der Waals surface area contributed by atoms with E-state index in [9.17, 15) is 0 Å². The highest BCUT2D eigenvalue weighted by molar-refractivity contribution is 6.29. The van der Waals surface area contributed by atoms with Crippen molar-refractivity contribution in [2.24, 2.45) is 5.41 Å². The number of hydrogen-bond acceptors (Lipinski definition) is 3. The molecule has 0 aliphatic carbocycles. The molecule has 0 aliphatic heterocycles. The first-order chi connectivity index (χ1) is 6.53. The van der Waals surface area contributed by atoms with E-state index in [-0.39, 0.29) is 5.41 Å². The minimum Gasteiger partial charge on any atom is -0.368 e. The van der Waals surface area contributed by atoms with Crippen LogP contribution in [0.1, 0.15) is 27.2 Å². The molecule has 0 atom stereocenters. The molecular formula is C10H16ClN3. The highest BCUT2D eigenvalue weighted by Gasteiger charge is 2.14. The molecule has 14 heavy (non-hydrogen) atoms. The van der Waals surface area contributed by atoms with Crippen LogP contribution in [-0.2, 0) is 0 Å². The number of aromatic nitrogens is 2. The second-order valence-electron chi connectivity index (χ2n) is 4.11. The number of nitrogens with one attached hydrogen (secondary N) is 1. The fourth-order valence-corrected chi connectivity index (χ4v) is 0.966. The van der Waals surface area contributed by atoms with Crippen molar-refractivity contribution in [3.05, 3.63) is 17.3 Å². The molecule has 0 amide bonds. The van der Waals surface area contributed by atoms with E-state index in [0.29, 0.717) is 5.15 Å². The Morgan fingerprint density at radius 1 is 1.36 bits per heavy atom. The monoisotopic (exact) mass is 213 g/mol. The summed E-state index contributed by atoms with van der Waals surface area (Å²) in [6.07, 6.45) is 1.13. The zero-order chi connectivity index (χ0) is 10.6. The van der Waals surface area contributed by atoms with Gasteiger partial charge in [-0.15, -0.1) is 10.2 Å². The molecule has 0 aliphatic rings. The maximum atomic E-state index is 5.63. The Balaban J connectivity index is 2.50. The van der Waals surface area contributed by atoms with E-state index in [2.05, 4.69) is 36.3 Å².